The Labute approximate surface area is 312 Å². The minimum atomic E-state index is -0.0906. The first-order valence-electron chi connectivity index (χ1n) is 19.1. The molecule has 2 fully saturated rings. The zero-order chi connectivity index (χ0) is 36.7. The SMILES string of the molecule is CCn1ncc(C(=O)N(C)CC2CCC(C)N2C)c1C1=Cc2cc(OC)ccc2-c2c(C3CCCCC3)c3ccc(C(=O)NSC(C)C)cc3n2C1. The number of nitrogens with zero attached hydrogens (tertiary/aromatic N) is 5. The number of methoxy groups -OCH3 is 1. The van der Waals surface area contributed by atoms with E-state index in [1.54, 1.807) is 13.3 Å². The second-order valence-electron chi connectivity index (χ2n) is 15.3. The molecule has 0 bridgehead atoms. The van der Waals surface area contributed by atoms with E-state index in [0.29, 0.717) is 48.8 Å². The van der Waals surface area contributed by atoms with Gasteiger partial charge in [0.15, 0.2) is 0 Å². The van der Waals surface area contributed by atoms with Gasteiger partial charge in [0.2, 0.25) is 0 Å². The van der Waals surface area contributed by atoms with Crippen molar-refractivity contribution in [2.24, 2.45) is 0 Å². The van der Waals surface area contributed by atoms with Crippen LogP contribution in [0.25, 0.3) is 33.8 Å². The van der Waals surface area contributed by atoms with Gasteiger partial charge in [-0.15, -0.1) is 0 Å². The van der Waals surface area contributed by atoms with Gasteiger partial charge in [0.05, 0.1) is 36.8 Å². The summed E-state index contributed by atoms with van der Waals surface area (Å²) in [5.41, 5.74) is 8.91. The molecule has 7 rings (SSSR count). The highest BCUT2D eigenvalue weighted by Crippen LogP contribution is 2.48. The van der Waals surface area contributed by atoms with Gasteiger partial charge in [-0.05, 0) is 118 Å². The van der Waals surface area contributed by atoms with Crippen molar-refractivity contribution in [3.8, 4) is 17.0 Å². The van der Waals surface area contributed by atoms with E-state index < -0.39 is 0 Å². The lowest BCUT2D eigenvalue weighted by Gasteiger charge is -2.28. The lowest BCUT2D eigenvalue weighted by molar-refractivity contribution is 0.0753. The average molecular weight is 723 g/mol. The summed E-state index contributed by atoms with van der Waals surface area (Å²) in [6.45, 7) is 10.3. The van der Waals surface area contributed by atoms with Gasteiger partial charge in [0.25, 0.3) is 11.8 Å². The Morgan fingerprint density at radius 1 is 1.06 bits per heavy atom. The Kier molecular flexibility index (Phi) is 10.6. The Hall–Kier alpha value is -4.02. The van der Waals surface area contributed by atoms with Crippen LogP contribution in [0.5, 0.6) is 5.75 Å². The molecular weight excluding hydrogens is 669 g/mol. The van der Waals surface area contributed by atoms with Crippen LogP contribution in [0.1, 0.15) is 116 Å². The Bertz CT molecular complexity index is 2000. The summed E-state index contributed by atoms with van der Waals surface area (Å²) in [4.78, 5) is 32.1. The van der Waals surface area contributed by atoms with Gasteiger partial charge in [0, 0.05) is 59.5 Å². The summed E-state index contributed by atoms with van der Waals surface area (Å²) in [5, 5.41) is 6.27. The van der Waals surface area contributed by atoms with E-state index in [-0.39, 0.29) is 17.1 Å². The van der Waals surface area contributed by atoms with Crippen molar-refractivity contribution < 1.29 is 14.3 Å². The normalized spacial score (nSPS) is 19.3. The molecule has 1 saturated heterocycles. The lowest BCUT2D eigenvalue weighted by Crippen LogP contribution is -2.41. The number of benzene rings is 2. The Morgan fingerprint density at radius 3 is 2.54 bits per heavy atom. The maximum Gasteiger partial charge on any atom is 0.261 e. The number of carbonyl (C=O) groups is 2. The van der Waals surface area contributed by atoms with E-state index in [1.165, 1.54) is 47.9 Å². The van der Waals surface area contributed by atoms with E-state index in [1.807, 2.05) is 28.8 Å². The van der Waals surface area contributed by atoms with Crippen molar-refractivity contribution in [3.63, 3.8) is 0 Å². The van der Waals surface area contributed by atoms with Crippen molar-refractivity contribution >= 4 is 46.3 Å². The van der Waals surface area contributed by atoms with Gasteiger partial charge in [-0.3, -0.25) is 23.9 Å². The molecule has 10 heteroatoms. The van der Waals surface area contributed by atoms with Crippen molar-refractivity contribution in [2.75, 3.05) is 27.7 Å². The molecule has 2 amide bonds. The first-order chi connectivity index (χ1) is 25.1. The topological polar surface area (TPSA) is 84.6 Å². The minimum absolute atomic E-state index is 0.0132. The van der Waals surface area contributed by atoms with E-state index in [4.69, 9.17) is 9.84 Å². The maximum atomic E-state index is 14.4. The van der Waals surface area contributed by atoms with Crippen molar-refractivity contribution in [1.29, 1.82) is 0 Å². The molecule has 2 aromatic carbocycles. The third-order valence-corrected chi connectivity index (χ3v) is 12.4. The second-order valence-corrected chi connectivity index (χ2v) is 16.7. The quantitative estimate of drug-likeness (QED) is 0.165. The molecule has 2 atom stereocenters. The average Bonchev–Trinajstić information content (AvgIpc) is 3.79. The molecular formula is C42H54N6O3S. The summed E-state index contributed by atoms with van der Waals surface area (Å²) in [7, 11) is 5.80. The molecule has 2 aromatic heterocycles. The number of ether oxygens (including phenoxy) is 1. The third-order valence-electron chi connectivity index (χ3n) is 11.6. The predicted octanol–water partition coefficient (Wildman–Crippen LogP) is 8.48. The first-order valence-corrected chi connectivity index (χ1v) is 20.0. The van der Waals surface area contributed by atoms with Crippen molar-refractivity contribution in [1.82, 2.24) is 28.9 Å². The maximum absolute atomic E-state index is 14.4. The molecule has 4 aromatic rings. The minimum Gasteiger partial charge on any atom is -0.497 e. The molecule has 2 unspecified atom stereocenters. The first kappa shape index (κ1) is 36.3. The number of allylic oxidation sites excluding steroid dienone is 1. The Balaban J connectivity index is 1.40. The second kappa shape index (κ2) is 15.1. The smallest absolute Gasteiger partial charge is 0.261 e. The van der Waals surface area contributed by atoms with Gasteiger partial charge < -0.3 is 14.2 Å². The number of likely N-dealkylation sites (tertiary alicyclic amines) is 1. The Morgan fingerprint density at radius 2 is 1.85 bits per heavy atom. The van der Waals surface area contributed by atoms with Gasteiger partial charge in [-0.25, -0.2) is 0 Å². The number of carbonyl (C=O) groups excluding carboxylic acids is 2. The fourth-order valence-electron chi connectivity index (χ4n) is 8.70. The van der Waals surface area contributed by atoms with Crippen LogP contribution < -0.4 is 9.46 Å². The fraction of sp³-hybridized carbons (Fsp3) is 0.500. The van der Waals surface area contributed by atoms with Crippen LogP contribution in [0.3, 0.4) is 0 Å². The number of fused-ring (bicyclic) bond motifs is 5. The van der Waals surface area contributed by atoms with Crippen LogP contribution in [-0.2, 0) is 13.1 Å². The van der Waals surface area contributed by atoms with Crippen LogP contribution in [0, 0.1) is 0 Å². The molecule has 9 nitrogen and oxygen atoms in total. The number of rotatable bonds is 10. The van der Waals surface area contributed by atoms with Crippen LogP contribution >= 0.6 is 11.9 Å². The number of hydrogen-bond acceptors (Lipinski definition) is 6. The standard InChI is InChI=1S/C42H54N6O3S/c1-8-48-39(36(23-43-48)42(50)45(5)25-32-16-14-27(4)46(32)6)31-20-30-21-33(51-7)17-19-34(30)40-38(28-12-10-9-11-13-28)35-18-15-29(22-37(35)47(40)24-31)41(49)44-52-26(2)3/h15,17-23,26-28,32H,8-14,16,24-25H2,1-7H3,(H,44,49). The number of aromatic nitrogens is 3. The number of aryl methyl sites for hydroxylation is 1. The van der Waals surface area contributed by atoms with Crippen LogP contribution in [0.4, 0.5) is 0 Å². The summed E-state index contributed by atoms with van der Waals surface area (Å²) in [5.74, 6) is 1.10. The molecule has 0 radical (unpaired) electrons. The summed E-state index contributed by atoms with van der Waals surface area (Å²) in [6.07, 6.45) is 12.2. The van der Waals surface area contributed by atoms with Crippen molar-refractivity contribution in [2.45, 2.75) is 109 Å². The molecule has 52 heavy (non-hydrogen) atoms. The van der Waals surface area contributed by atoms with Gasteiger partial charge >= 0.3 is 0 Å². The number of amides is 2. The number of hydrogen-bond donors (Lipinski definition) is 1. The van der Waals surface area contributed by atoms with Crippen molar-refractivity contribution in [3.05, 3.63) is 70.5 Å². The highest BCUT2D eigenvalue weighted by Gasteiger charge is 2.33. The molecule has 4 heterocycles. The van der Waals surface area contributed by atoms with Crippen LogP contribution in [-0.4, -0.2) is 81.0 Å². The molecule has 0 spiro atoms. The van der Waals surface area contributed by atoms with Gasteiger partial charge in [-0.1, -0.05) is 39.2 Å². The van der Waals surface area contributed by atoms with E-state index in [2.05, 4.69) is 79.3 Å². The molecule has 3 aliphatic rings. The van der Waals surface area contributed by atoms with E-state index >= 15 is 0 Å². The highest BCUT2D eigenvalue weighted by molar-refractivity contribution is 7.98. The highest BCUT2D eigenvalue weighted by atomic mass is 32.2. The molecule has 2 aliphatic heterocycles. The summed E-state index contributed by atoms with van der Waals surface area (Å²) >= 11 is 1.44. The summed E-state index contributed by atoms with van der Waals surface area (Å²) < 4.78 is 13.2. The van der Waals surface area contributed by atoms with Gasteiger partial charge in [-0.2, -0.15) is 5.10 Å². The van der Waals surface area contributed by atoms with E-state index in [9.17, 15) is 9.59 Å². The van der Waals surface area contributed by atoms with Crippen LogP contribution in [0.15, 0.2) is 42.6 Å². The zero-order valence-corrected chi connectivity index (χ0v) is 32.7. The van der Waals surface area contributed by atoms with E-state index in [0.717, 1.165) is 59.3 Å². The number of nitrogens with one attached hydrogen (secondary N) is 1. The van der Waals surface area contributed by atoms with Gasteiger partial charge in [0.1, 0.15) is 5.75 Å². The summed E-state index contributed by atoms with van der Waals surface area (Å²) in [6, 6.07) is 13.4. The third kappa shape index (κ3) is 6.80. The lowest BCUT2D eigenvalue weighted by atomic mass is 9.81. The molecule has 1 N–H and O–H groups in total. The largest absolute Gasteiger partial charge is 0.497 e. The monoisotopic (exact) mass is 722 g/mol. The fourth-order valence-corrected chi connectivity index (χ4v) is 9.16. The molecule has 1 aliphatic carbocycles. The molecule has 276 valence electrons. The molecule has 1 saturated carbocycles. The number of likely N-dealkylation sites (N-methyl/N-ethyl adjacent to an activating group) is 2. The predicted molar refractivity (Wildman–Crippen MR) is 213 cm³/mol. The van der Waals surface area contributed by atoms with Crippen LogP contribution in [0.2, 0.25) is 0 Å². The zero-order valence-electron chi connectivity index (χ0n) is 31.9.